The molecule has 6 atom stereocenters. The lowest BCUT2D eigenvalue weighted by Crippen LogP contribution is -2.74. The number of aliphatic hydroxyl groups excluding tert-OH is 1. The van der Waals surface area contributed by atoms with Crippen LogP contribution in [-0.2, 0) is 42.3 Å². The number of carbonyl (C=O) groups is 3. The van der Waals surface area contributed by atoms with E-state index in [9.17, 15) is 24.6 Å². The van der Waals surface area contributed by atoms with Crippen LogP contribution in [0.15, 0.2) is 24.0 Å². The van der Waals surface area contributed by atoms with E-state index >= 15 is 0 Å². The Morgan fingerprint density at radius 3 is 2.72 bits per heavy atom. The maximum Gasteiger partial charge on any atom is 0.344 e. The van der Waals surface area contributed by atoms with Crippen molar-refractivity contribution >= 4 is 17.9 Å². The predicted molar refractivity (Wildman–Crippen MR) is 124 cm³/mol. The number of likely N-dealkylation sites (tertiary alicyclic amines) is 1. The number of benzene rings is 1. The quantitative estimate of drug-likeness (QED) is 0.464. The molecule has 2 aliphatic carbocycles. The van der Waals surface area contributed by atoms with Crippen molar-refractivity contribution in [1.29, 1.82) is 0 Å². The minimum Gasteiger partial charge on any atom is -0.481 e. The number of rotatable bonds is 7. The summed E-state index contributed by atoms with van der Waals surface area (Å²) < 4.78 is 17.0. The molecule has 0 unspecified atom stereocenters. The molecule has 1 aromatic carbocycles. The van der Waals surface area contributed by atoms with E-state index in [0.717, 1.165) is 17.7 Å². The van der Waals surface area contributed by atoms with Crippen molar-refractivity contribution in [1.82, 2.24) is 4.90 Å². The van der Waals surface area contributed by atoms with Gasteiger partial charge in [0.1, 0.15) is 11.5 Å². The summed E-state index contributed by atoms with van der Waals surface area (Å²) in [7, 11) is 2.00. The van der Waals surface area contributed by atoms with Gasteiger partial charge in [-0.15, -0.1) is 0 Å². The average molecular weight is 502 g/mol. The van der Waals surface area contributed by atoms with E-state index in [0.29, 0.717) is 24.2 Å². The second kappa shape index (κ2) is 8.57. The van der Waals surface area contributed by atoms with E-state index in [2.05, 4.69) is 4.90 Å². The molecule has 0 saturated carbocycles. The second-order valence-corrected chi connectivity index (χ2v) is 10.4. The molecule has 3 N–H and O–H groups in total. The number of likely N-dealkylation sites (N-methyl/N-ethyl adjacent to an activating group) is 1. The number of hydrogen-bond donors (Lipinski definition) is 3. The highest BCUT2D eigenvalue weighted by atomic mass is 16.6. The van der Waals surface area contributed by atoms with Crippen molar-refractivity contribution in [3.8, 4) is 5.75 Å². The largest absolute Gasteiger partial charge is 0.481 e. The standard InChI is InChI=1S/C26H31NO9/c1-13(10-19(29)34-14(2)23(30)31)24(32)35-17-6-7-26(33)18-11-15-4-5-16(12-28)21-20(15)25(26,22(17)36-21)8-9-27(18)3/h4-6,13-14,18,22,28,33H,7-12H2,1-3H3,(H,30,31)/t13-,14-,18+,22-,25-,26+/m0/s1. The molecule has 2 aliphatic heterocycles. The molecule has 10 heteroatoms. The third kappa shape index (κ3) is 3.38. The molecular formula is C26H31NO9. The molecule has 10 nitrogen and oxygen atoms in total. The number of aliphatic hydroxyl groups is 2. The van der Waals surface area contributed by atoms with Gasteiger partial charge in [-0.3, -0.25) is 9.59 Å². The van der Waals surface area contributed by atoms with Gasteiger partial charge in [0.25, 0.3) is 0 Å². The first-order valence-corrected chi connectivity index (χ1v) is 12.2. The van der Waals surface area contributed by atoms with Crippen LogP contribution in [0, 0.1) is 5.92 Å². The SMILES string of the molecule is C[C@H](OC(=O)C[C@H](C)C(=O)OC1=CC[C@@]2(O)[C@H]3Cc4ccc(CO)c5c4[C@@]2(CCN3C)[C@H]1O5)C(=O)O. The number of carbonyl (C=O) groups excluding carboxylic acids is 2. The molecule has 1 spiro atoms. The molecule has 2 heterocycles. The molecule has 5 rings (SSSR count). The zero-order chi connectivity index (χ0) is 26.0. The summed E-state index contributed by atoms with van der Waals surface area (Å²) in [5, 5.41) is 31.1. The lowest BCUT2D eigenvalue weighted by atomic mass is 9.50. The number of nitrogens with zero attached hydrogens (tertiary/aromatic N) is 1. The van der Waals surface area contributed by atoms with Crippen LogP contribution in [0.25, 0.3) is 0 Å². The first-order valence-electron chi connectivity index (χ1n) is 12.2. The monoisotopic (exact) mass is 501 g/mol. The third-order valence-corrected chi connectivity index (χ3v) is 8.38. The molecule has 194 valence electrons. The van der Waals surface area contributed by atoms with Crippen molar-refractivity contribution in [2.75, 3.05) is 13.6 Å². The van der Waals surface area contributed by atoms with Crippen molar-refractivity contribution < 1.29 is 43.9 Å². The van der Waals surface area contributed by atoms with Gasteiger partial charge in [-0.25, -0.2) is 4.79 Å². The van der Waals surface area contributed by atoms with Gasteiger partial charge >= 0.3 is 17.9 Å². The summed E-state index contributed by atoms with van der Waals surface area (Å²) in [6.45, 7) is 3.24. The summed E-state index contributed by atoms with van der Waals surface area (Å²) in [5.41, 5.74) is 0.595. The molecule has 1 aromatic rings. The molecule has 2 bridgehead atoms. The van der Waals surface area contributed by atoms with Crippen molar-refractivity contribution in [2.24, 2.45) is 5.92 Å². The smallest absolute Gasteiger partial charge is 0.344 e. The third-order valence-electron chi connectivity index (χ3n) is 8.38. The van der Waals surface area contributed by atoms with Gasteiger partial charge in [-0.05, 0) is 45.0 Å². The van der Waals surface area contributed by atoms with Crippen molar-refractivity contribution in [2.45, 2.75) is 75.4 Å². The van der Waals surface area contributed by atoms with Crippen LogP contribution < -0.4 is 4.74 Å². The molecule has 36 heavy (non-hydrogen) atoms. The van der Waals surface area contributed by atoms with Crippen LogP contribution >= 0.6 is 0 Å². The van der Waals surface area contributed by atoms with E-state index < -0.39 is 47.0 Å². The number of carboxylic acids is 1. The first-order chi connectivity index (χ1) is 17.0. The fraction of sp³-hybridized carbons (Fsp3) is 0.577. The molecular weight excluding hydrogens is 470 g/mol. The Morgan fingerprint density at radius 1 is 1.28 bits per heavy atom. The molecule has 1 saturated heterocycles. The van der Waals surface area contributed by atoms with Gasteiger partial charge in [-0.1, -0.05) is 19.1 Å². The number of esters is 2. The zero-order valence-electron chi connectivity index (χ0n) is 20.5. The van der Waals surface area contributed by atoms with E-state index in [1.807, 2.05) is 19.2 Å². The summed E-state index contributed by atoms with van der Waals surface area (Å²) in [6, 6.07) is 3.68. The van der Waals surface area contributed by atoms with Crippen LogP contribution in [-0.4, -0.2) is 75.6 Å². The van der Waals surface area contributed by atoms with Gasteiger partial charge in [0.2, 0.25) is 0 Å². The predicted octanol–water partition coefficient (Wildman–Crippen LogP) is 1.04. The van der Waals surface area contributed by atoms with Gasteiger partial charge in [0.05, 0.1) is 30.0 Å². The fourth-order valence-corrected chi connectivity index (χ4v) is 6.48. The topological polar surface area (TPSA) is 143 Å². The number of piperidine rings is 1. The first kappa shape index (κ1) is 24.7. The lowest BCUT2D eigenvalue weighted by molar-refractivity contribution is -0.171. The molecule has 0 radical (unpaired) electrons. The van der Waals surface area contributed by atoms with Gasteiger partial charge < -0.3 is 34.4 Å². The minimum atomic E-state index is -1.32. The summed E-state index contributed by atoms with van der Waals surface area (Å²) in [6.07, 6.45) is 0.775. The Bertz CT molecular complexity index is 1160. The Hall–Kier alpha value is -2.95. The summed E-state index contributed by atoms with van der Waals surface area (Å²) in [4.78, 5) is 38.1. The van der Waals surface area contributed by atoms with Gasteiger partial charge in [0, 0.05) is 23.6 Å². The van der Waals surface area contributed by atoms with E-state index in [4.69, 9.17) is 19.3 Å². The van der Waals surface area contributed by atoms with Crippen LogP contribution in [0.3, 0.4) is 0 Å². The Labute approximate surface area is 208 Å². The summed E-state index contributed by atoms with van der Waals surface area (Å²) >= 11 is 0. The molecule has 4 aliphatic rings. The second-order valence-electron chi connectivity index (χ2n) is 10.4. The summed E-state index contributed by atoms with van der Waals surface area (Å²) in [5.74, 6) is -2.83. The highest BCUT2D eigenvalue weighted by molar-refractivity contribution is 5.82. The minimum absolute atomic E-state index is 0.144. The van der Waals surface area contributed by atoms with Gasteiger partial charge in [-0.2, -0.15) is 0 Å². The number of ether oxygens (including phenoxy) is 3. The fourth-order valence-electron chi connectivity index (χ4n) is 6.48. The molecule has 0 aromatic heterocycles. The Morgan fingerprint density at radius 2 is 2.03 bits per heavy atom. The zero-order valence-corrected chi connectivity index (χ0v) is 20.5. The van der Waals surface area contributed by atoms with E-state index in [-0.39, 0.29) is 31.2 Å². The van der Waals surface area contributed by atoms with Crippen LogP contribution in [0.2, 0.25) is 0 Å². The van der Waals surface area contributed by atoms with Crippen molar-refractivity contribution in [3.05, 3.63) is 40.7 Å². The van der Waals surface area contributed by atoms with E-state index in [1.54, 1.807) is 6.08 Å². The van der Waals surface area contributed by atoms with Crippen LogP contribution in [0.1, 0.15) is 49.8 Å². The Kier molecular flexibility index (Phi) is 5.89. The Balaban J connectivity index is 1.44. The number of hydrogen-bond acceptors (Lipinski definition) is 9. The molecule has 0 amide bonds. The lowest BCUT2D eigenvalue weighted by Gasteiger charge is -2.61. The highest BCUT2D eigenvalue weighted by Crippen LogP contribution is 2.64. The average Bonchev–Trinajstić information content (AvgIpc) is 3.18. The van der Waals surface area contributed by atoms with Crippen LogP contribution in [0.4, 0.5) is 0 Å². The number of carboxylic acid groups (broad SMARTS) is 1. The van der Waals surface area contributed by atoms with E-state index in [1.165, 1.54) is 13.8 Å². The molecule has 1 fully saturated rings. The van der Waals surface area contributed by atoms with Crippen LogP contribution in [0.5, 0.6) is 5.75 Å². The van der Waals surface area contributed by atoms with Crippen molar-refractivity contribution in [3.63, 3.8) is 0 Å². The highest BCUT2D eigenvalue weighted by Gasteiger charge is 2.71. The maximum atomic E-state index is 13.0. The van der Waals surface area contributed by atoms with Gasteiger partial charge in [0.15, 0.2) is 12.2 Å². The normalized spacial score (nSPS) is 31.4. The maximum absolute atomic E-state index is 13.0. The number of aliphatic carboxylic acids is 1.